The van der Waals surface area contributed by atoms with E-state index in [4.69, 9.17) is 10.5 Å². The second kappa shape index (κ2) is 5.22. The maximum atomic E-state index is 11.3. The van der Waals surface area contributed by atoms with Gasteiger partial charge in [0.25, 0.3) is 0 Å². The fraction of sp³-hybridized carbons (Fsp3) is 0.900. The van der Waals surface area contributed by atoms with E-state index in [1.54, 1.807) is 0 Å². The van der Waals surface area contributed by atoms with Crippen molar-refractivity contribution in [3.05, 3.63) is 0 Å². The molecule has 0 bridgehead atoms. The fourth-order valence-electron chi connectivity index (χ4n) is 1.28. The summed E-state index contributed by atoms with van der Waals surface area (Å²) in [6.07, 6.45) is 6.22. The average Bonchev–Trinajstić information content (AvgIpc) is 2.06. The van der Waals surface area contributed by atoms with Crippen LogP contribution in [0.3, 0.4) is 0 Å². The summed E-state index contributed by atoms with van der Waals surface area (Å²) in [6.45, 7) is 2.09. The molecule has 13 heavy (non-hydrogen) atoms. The maximum absolute atomic E-state index is 11.3. The van der Waals surface area contributed by atoms with Gasteiger partial charge in [0.2, 0.25) is 0 Å². The van der Waals surface area contributed by atoms with Gasteiger partial charge in [0.05, 0.1) is 0 Å². The summed E-state index contributed by atoms with van der Waals surface area (Å²) in [5.74, 6) is -0.210. The quantitative estimate of drug-likeness (QED) is 0.662. The summed E-state index contributed by atoms with van der Waals surface area (Å²) in [5, 5.41) is 0. The van der Waals surface area contributed by atoms with Crippen LogP contribution in [0, 0.1) is 0 Å². The van der Waals surface area contributed by atoms with Crippen molar-refractivity contribution in [3.63, 3.8) is 0 Å². The summed E-state index contributed by atoms with van der Waals surface area (Å²) in [7, 11) is 0. The van der Waals surface area contributed by atoms with Gasteiger partial charge in [-0.15, -0.1) is 0 Å². The summed E-state index contributed by atoms with van der Waals surface area (Å²) >= 11 is 0. The lowest BCUT2D eigenvalue weighted by Crippen LogP contribution is -2.36. The molecule has 1 saturated carbocycles. The van der Waals surface area contributed by atoms with Crippen LogP contribution in [0.5, 0.6) is 0 Å². The minimum absolute atomic E-state index is 0.167. The van der Waals surface area contributed by atoms with E-state index in [9.17, 15) is 4.79 Å². The third-order valence-electron chi connectivity index (χ3n) is 2.51. The summed E-state index contributed by atoms with van der Waals surface area (Å²) in [4.78, 5) is 11.3. The Kier molecular flexibility index (Phi) is 4.22. The smallest absolute Gasteiger partial charge is 0.323 e. The molecule has 1 fully saturated rings. The molecule has 0 aromatic heterocycles. The topological polar surface area (TPSA) is 52.3 Å². The molecule has 1 aliphatic rings. The Morgan fingerprint density at radius 2 is 2.31 bits per heavy atom. The monoisotopic (exact) mass is 185 g/mol. The highest BCUT2D eigenvalue weighted by Crippen LogP contribution is 2.22. The normalized spacial score (nSPS) is 19.2. The fourth-order valence-corrected chi connectivity index (χ4v) is 1.28. The molecule has 0 aromatic rings. The lowest BCUT2D eigenvalue weighted by atomic mass is 9.96. The van der Waals surface area contributed by atoms with Gasteiger partial charge in [-0.3, -0.25) is 4.79 Å². The molecule has 1 aliphatic carbocycles. The maximum Gasteiger partial charge on any atom is 0.323 e. The number of esters is 1. The van der Waals surface area contributed by atoms with Crippen LogP contribution in [0.25, 0.3) is 0 Å². The van der Waals surface area contributed by atoms with Gasteiger partial charge in [-0.05, 0) is 25.7 Å². The van der Waals surface area contributed by atoms with E-state index < -0.39 is 6.04 Å². The van der Waals surface area contributed by atoms with Crippen LogP contribution in [0.2, 0.25) is 0 Å². The van der Waals surface area contributed by atoms with Gasteiger partial charge in [0, 0.05) is 0 Å². The van der Waals surface area contributed by atoms with Gasteiger partial charge in [0.15, 0.2) is 0 Å². The third-order valence-corrected chi connectivity index (χ3v) is 2.51. The van der Waals surface area contributed by atoms with Crippen LogP contribution >= 0.6 is 0 Å². The van der Waals surface area contributed by atoms with Crippen molar-refractivity contribution in [1.29, 1.82) is 0 Å². The first-order chi connectivity index (χ1) is 6.24. The van der Waals surface area contributed by atoms with Crippen molar-refractivity contribution in [2.45, 2.75) is 57.6 Å². The van der Waals surface area contributed by atoms with Crippen molar-refractivity contribution in [2.24, 2.45) is 5.73 Å². The molecular formula is C10H19NO2. The Hall–Kier alpha value is -0.570. The number of unbranched alkanes of at least 4 members (excludes halogenated alkanes) is 1. The molecule has 1 rings (SSSR count). The van der Waals surface area contributed by atoms with Gasteiger partial charge < -0.3 is 10.5 Å². The van der Waals surface area contributed by atoms with E-state index in [0.29, 0.717) is 0 Å². The number of carbonyl (C=O) groups is 1. The van der Waals surface area contributed by atoms with Crippen LogP contribution in [-0.4, -0.2) is 18.1 Å². The van der Waals surface area contributed by atoms with Crippen LogP contribution in [-0.2, 0) is 9.53 Å². The van der Waals surface area contributed by atoms with Crippen LogP contribution in [0.1, 0.15) is 45.4 Å². The molecule has 0 saturated heterocycles. The lowest BCUT2D eigenvalue weighted by Gasteiger charge is -2.26. The Bertz CT molecular complexity index is 166. The van der Waals surface area contributed by atoms with Gasteiger partial charge in [0.1, 0.15) is 12.1 Å². The summed E-state index contributed by atoms with van der Waals surface area (Å²) in [6, 6.07) is -0.402. The van der Waals surface area contributed by atoms with Crippen molar-refractivity contribution < 1.29 is 9.53 Å². The molecule has 0 spiro atoms. The van der Waals surface area contributed by atoms with Gasteiger partial charge >= 0.3 is 5.97 Å². The second-order valence-electron chi connectivity index (χ2n) is 3.74. The molecule has 0 unspecified atom stereocenters. The van der Waals surface area contributed by atoms with E-state index in [-0.39, 0.29) is 12.1 Å². The van der Waals surface area contributed by atoms with Gasteiger partial charge in [-0.1, -0.05) is 19.8 Å². The Labute approximate surface area is 79.6 Å². The van der Waals surface area contributed by atoms with E-state index in [0.717, 1.165) is 32.1 Å². The van der Waals surface area contributed by atoms with E-state index >= 15 is 0 Å². The minimum atomic E-state index is -0.402. The predicted octanol–water partition coefficient (Wildman–Crippen LogP) is 1.60. The Morgan fingerprint density at radius 3 is 2.77 bits per heavy atom. The number of ether oxygens (including phenoxy) is 1. The minimum Gasteiger partial charge on any atom is -0.461 e. The zero-order chi connectivity index (χ0) is 9.68. The molecule has 0 aromatic carbocycles. The van der Waals surface area contributed by atoms with Crippen LogP contribution in [0.4, 0.5) is 0 Å². The highest BCUT2D eigenvalue weighted by Gasteiger charge is 2.24. The number of rotatable bonds is 5. The van der Waals surface area contributed by atoms with Gasteiger partial charge in [-0.25, -0.2) is 0 Å². The highest BCUT2D eigenvalue weighted by atomic mass is 16.5. The average molecular weight is 185 g/mol. The largest absolute Gasteiger partial charge is 0.461 e. The Balaban J connectivity index is 2.13. The number of hydrogen-bond donors (Lipinski definition) is 1. The van der Waals surface area contributed by atoms with Gasteiger partial charge in [-0.2, -0.15) is 0 Å². The molecule has 1 atom stereocenters. The molecule has 0 aliphatic heterocycles. The molecular weight excluding hydrogens is 166 g/mol. The van der Waals surface area contributed by atoms with Crippen molar-refractivity contribution >= 4 is 5.97 Å². The van der Waals surface area contributed by atoms with Crippen molar-refractivity contribution in [2.75, 3.05) is 0 Å². The SMILES string of the molecule is CCCC[C@H](N)C(=O)OC1CCC1. The zero-order valence-electron chi connectivity index (χ0n) is 8.29. The predicted molar refractivity (Wildman–Crippen MR) is 51.2 cm³/mol. The van der Waals surface area contributed by atoms with E-state index in [1.807, 2.05) is 0 Å². The third kappa shape index (κ3) is 3.35. The highest BCUT2D eigenvalue weighted by molar-refractivity contribution is 5.75. The number of nitrogens with two attached hydrogens (primary N) is 1. The standard InChI is InChI=1S/C10H19NO2/c1-2-3-7-9(11)10(12)13-8-5-4-6-8/h8-9H,2-7,11H2,1H3/t9-/m0/s1. The Morgan fingerprint density at radius 1 is 1.62 bits per heavy atom. The molecule has 3 nitrogen and oxygen atoms in total. The molecule has 0 radical (unpaired) electrons. The summed E-state index contributed by atoms with van der Waals surface area (Å²) in [5.41, 5.74) is 5.66. The molecule has 0 heterocycles. The molecule has 2 N–H and O–H groups in total. The van der Waals surface area contributed by atoms with E-state index in [2.05, 4.69) is 6.92 Å². The van der Waals surface area contributed by atoms with Crippen molar-refractivity contribution in [3.8, 4) is 0 Å². The first kappa shape index (κ1) is 10.5. The number of hydrogen-bond acceptors (Lipinski definition) is 3. The van der Waals surface area contributed by atoms with Crippen LogP contribution in [0.15, 0.2) is 0 Å². The van der Waals surface area contributed by atoms with Crippen LogP contribution < -0.4 is 5.73 Å². The van der Waals surface area contributed by atoms with Crippen molar-refractivity contribution in [1.82, 2.24) is 0 Å². The second-order valence-corrected chi connectivity index (χ2v) is 3.74. The first-order valence-electron chi connectivity index (χ1n) is 5.20. The first-order valence-corrected chi connectivity index (χ1v) is 5.20. The lowest BCUT2D eigenvalue weighted by molar-refractivity contribution is -0.154. The zero-order valence-corrected chi connectivity index (χ0v) is 8.29. The number of carbonyl (C=O) groups excluding carboxylic acids is 1. The summed E-state index contributed by atoms with van der Waals surface area (Å²) < 4.78 is 5.18. The van der Waals surface area contributed by atoms with E-state index in [1.165, 1.54) is 6.42 Å². The molecule has 76 valence electrons. The molecule has 3 heteroatoms. The molecule has 0 amide bonds.